The first-order valence-corrected chi connectivity index (χ1v) is 11.3. The van der Waals surface area contributed by atoms with Gasteiger partial charge in [-0.15, -0.1) is 0 Å². The van der Waals surface area contributed by atoms with Crippen LogP contribution in [0.5, 0.6) is 11.5 Å². The summed E-state index contributed by atoms with van der Waals surface area (Å²) in [6.07, 6.45) is -4.99. The molecule has 3 aliphatic heterocycles. The molecule has 0 saturated heterocycles. The fraction of sp³-hybridized carbons (Fsp3) is 0.333. The molecule has 0 unspecified atom stereocenters. The normalized spacial score (nSPS) is 18.7. The first-order valence-electron chi connectivity index (χ1n) is 11.3. The van der Waals surface area contributed by atoms with Gasteiger partial charge in [0.1, 0.15) is 6.61 Å². The predicted molar refractivity (Wildman–Crippen MR) is 122 cm³/mol. The van der Waals surface area contributed by atoms with E-state index in [9.17, 15) is 27.9 Å². The monoisotopic (exact) mass is 535 g/mol. The predicted octanol–water partition coefficient (Wildman–Crippen LogP) is 1.90. The van der Waals surface area contributed by atoms with Crippen molar-refractivity contribution in [1.29, 1.82) is 0 Å². The number of nitrogens with zero attached hydrogens (tertiary/aromatic N) is 2. The average molecular weight is 535 g/mol. The highest BCUT2D eigenvalue weighted by molar-refractivity contribution is 5.91. The van der Waals surface area contributed by atoms with Gasteiger partial charge in [-0.3, -0.25) is 4.79 Å². The Morgan fingerprint density at radius 2 is 1.82 bits per heavy atom. The van der Waals surface area contributed by atoms with Crippen molar-refractivity contribution in [2.75, 3.05) is 6.79 Å². The molecular weight excluding hydrogens is 515 g/mol. The van der Waals surface area contributed by atoms with Crippen LogP contribution in [0.4, 0.5) is 13.2 Å². The molecule has 0 saturated carbocycles. The van der Waals surface area contributed by atoms with Gasteiger partial charge in [-0.2, -0.15) is 13.2 Å². The molecule has 14 heteroatoms. The maximum atomic E-state index is 13.3. The van der Waals surface area contributed by atoms with Gasteiger partial charge in [-0.25, -0.2) is 14.6 Å². The molecule has 38 heavy (non-hydrogen) atoms. The molecule has 2 aromatic heterocycles. The van der Waals surface area contributed by atoms with Crippen LogP contribution in [0.1, 0.15) is 35.6 Å². The number of ether oxygens (including phenoxy) is 3. The minimum Gasteiger partial charge on any atom is -0.475 e. The van der Waals surface area contributed by atoms with Crippen molar-refractivity contribution in [3.63, 3.8) is 0 Å². The van der Waals surface area contributed by atoms with E-state index in [4.69, 9.17) is 34.8 Å². The lowest BCUT2D eigenvalue weighted by Gasteiger charge is -2.31. The van der Waals surface area contributed by atoms with Crippen molar-refractivity contribution < 1.29 is 47.2 Å². The second-order valence-electron chi connectivity index (χ2n) is 8.75. The van der Waals surface area contributed by atoms with Crippen molar-refractivity contribution in [3.05, 3.63) is 50.8 Å². The van der Waals surface area contributed by atoms with Gasteiger partial charge in [0.25, 0.3) is 5.56 Å². The third-order valence-corrected chi connectivity index (χ3v) is 6.75. The third kappa shape index (κ3) is 3.75. The maximum absolute atomic E-state index is 13.3. The summed E-state index contributed by atoms with van der Waals surface area (Å²) in [4.78, 5) is 39.3. The van der Waals surface area contributed by atoms with E-state index < -0.39 is 23.7 Å². The average Bonchev–Trinajstić information content (AvgIpc) is 3.48. The van der Waals surface area contributed by atoms with Crippen LogP contribution >= 0.6 is 0 Å². The van der Waals surface area contributed by atoms with Gasteiger partial charge in [-0.05, 0) is 24.1 Å². The van der Waals surface area contributed by atoms with E-state index in [2.05, 4.69) is 0 Å². The highest BCUT2D eigenvalue weighted by Gasteiger charge is 2.45. The van der Waals surface area contributed by atoms with Crippen LogP contribution in [-0.4, -0.2) is 44.7 Å². The van der Waals surface area contributed by atoms with Crippen LogP contribution in [0.2, 0.25) is 0 Å². The van der Waals surface area contributed by atoms with Crippen LogP contribution in [-0.2, 0) is 39.6 Å². The molecule has 200 valence electrons. The fourth-order valence-electron chi connectivity index (χ4n) is 4.79. The summed E-state index contributed by atoms with van der Waals surface area (Å²) in [5.74, 6) is -2.26. The molecule has 0 spiro atoms. The highest BCUT2D eigenvalue weighted by Crippen LogP contribution is 2.42. The van der Waals surface area contributed by atoms with E-state index in [1.54, 1.807) is 23.6 Å². The smallest absolute Gasteiger partial charge is 0.475 e. The second-order valence-corrected chi connectivity index (χ2v) is 8.75. The van der Waals surface area contributed by atoms with Gasteiger partial charge < -0.3 is 34.7 Å². The van der Waals surface area contributed by atoms with Crippen LogP contribution in [0.15, 0.2) is 23.0 Å². The number of rotatable bonds is 2. The van der Waals surface area contributed by atoms with Gasteiger partial charge in [0, 0.05) is 29.1 Å². The summed E-state index contributed by atoms with van der Waals surface area (Å²) in [6.45, 7) is 2.23. The van der Waals surface area contributed by atoms with Gasteiger partial charge in [0.15, 0.2) is 17.1 Å². The molecule has 6 rings (SSSR count). The lowest BCUT2D eigenvalue weighted by Crippen LogP contribution is -2.44. The number of nitrogens with two attached hydrogens (primary N) is 1. The number of aromatic nitrogens is 2. The number of pyridine rings is 2. The summed E-state index contributed by atoms with van der Waals surface area (Å²) in [6, 6.07) is 5.36. The minimum atomic E-state index is -5.08. The molecule has 0 amide bonds. The van der Waals surface area contributed by atoms with Gasteiger partial charge >= 0.3 is 18.1 Å². The van der Waals surface area contributed by atoms with Gasteiger partial charge in [0.05, 0.1) is 29.0 Å². The number of hydrogen-bond acceptors (Lipinski definition) is 9. The first kappa shape index (κ1) is 25.5. The van der Waals surface area contributed by atoms with E-state index in [0.717, 1.165) is 16.5 Å². The number of benzene rings is 1. The summed E-state index contributed by atoms with van der Waals surface area (Å²) >= 11 is 0. The number of cyclic esters (lactones) is 1. The Kier molecular flexibility index (Phi) is 5.83. The molecule has 0 bridgehead atoms. The fourth-order valence-corrected chi connectivity index (χ4v) is 4.79. The lowest BCUT2D eigenvalue weighted by molar-refractivity contribution is -0.192. The Balaban J connectivity index is 0.000000374. The molecule has 0 fully saturated rings. The van der Waals surface area contributed by atoms with Crippen LogP contribution < -0.4 is 20.8 Å². The van der Waals surface area contributed by atoms with E-state index in [1.807, 2.05) is 6.07 Å². The highest BCUT2D eigenvalue weighted by atomic mass is 19.4. The molecular formula is C24H20F3N3O8. The van der Waals surface area contributed by atoms with Crippen molar-refractivity contribution in [1.82, 2.24) is 9.55 Å². The molecule has 4 N–H and O–H groups in total. The number of carbonyl (C=O) groups excluding carboxylic acids is 1. The largest absolute Gasteiger partial charge is 0.490 e. The molecule has 5 heterocycles. The zero-order chi connectivity index (χ0) is 27.6. The van der Waals surface area contributed by atoms with Crippen LogP contribution in [0.25, 0.3) is 22.3 Å². The van der Waals surface area contributed by atoms with Crippen molar-refractivity contribution in [2.24, 2.45) is 5.73 Å². The maximum Gasteiger partial charge on any atom is 0.490 e. The zero-order valence-corrected chi connectivity index (χ0v) is 19.7. The Bertz CT molecular complexity index is 1580. The van der Waals surface area contributed by atoms with E-state index >= 15 is 0 Å². The standard InChI is InChI=1S/C22H19N3O6.C2HF3O2/c1-2-22(28)14-4-16-19-12(7-25(16)20(26)13(14)8-29-21(22)27)11(6-23)10-3-17-18(31-9-30-17)5-15(10)24-19;3-2(4,5)1(6)7/h3-5,28H,2,6-9,23H2,1H3;(H,6,7)/t22-;/m0./s1. The summed E-state index contributed by atoms with van der Waals surface area (Å²) in [5, 5.41) is 19.0. The number of carboxylic acid groups (broad SMARTS) is 1. The Morgan fingerprint density at radius 3 is 2.42 bits per heavy atom. The molecule has 0 radical (unpaired) electrons. The first-order chi connectivity index (χ1) is 17.9. The van der Waals surface area contributed by atoms with Gasteiger partial charge in [0.2, 0.25) is 6.79 Å². The lowest BCUT2D eigenvalue weighted by atomic mass is 9.86. The number of carbonyl (C=O) groups is 2. The number of carboxylic acids is 1. The van der Waals surface area contributed by atoms with Crippen molar-refractivity contribution >= 4 is 22.8 Å². The molecule has 11 nitrogen and oxygen atoms in total. The molecule has 1 aromatic carbocycles. The van der Waals surface area contributed by atoms with Gasteiger partial charge in [-0.1, -0.05) is 6.92 Å². The Labute approximate surface area is 211 Å². The number of aliphatic carboxylic acids is 1. The summed E-state index contributed by atoms with van der Waals surface area (Å²) in [7, 11) is 0. The number of halogens is 3. The summed E-state index contributed by atoms with van der Waals surface area (Å²) < 4.78 is 49.4. The number of fused-ring (bicyclic) bond motifs is 6. The van der Waals surface area contributed by atoms with E-state index in [0.29, 0.717) is 40.5 Å². The van der Waals surface area contributed by atoms with E-state index in [1.165, 1.54) is 0 Å². The van der Waals surface area contributed by atoms with Crippen LogP contribution in [0.3, 0.4) is 0 Å². The summed E-state index contributed by atoms with van der Waals surface area (Å²) in [5.41, 5.74) is 8.10. The van der Waals surface area contributed by atoms with E-state index in [-0.39, 0.29) is 37.5 Å². The van der Waals surface area contributed by atoms with Crippen molar-refractivity contribution in [2.45, 2.75) is 44.8 Å². The van der Waals surface area contributed by atoms with Crippen molar-refractivity contribution in [3.8, 4) is 22.9 Å². The number of esters is 1. The Morgan fingerprint density at radius 1 is 1.16 bits per heavy atom. The SMILES string of the molecule is CC[C@@]1(O)C(=O)OCc2c1cc1n(c2=O)Cc2c-1nc1cc3c(cc1c2CN)OCO3.O=C(O)C(F)(F)F. The number of aliphatic hydroxyl groups is 1. The zero-order valence-electron chi connectivity index (χ0n) is 19.7. The topological polar surface area (TPSA) is 163 Å². The quantitative estimate of drug-likeness (QED) is 0.323. The number of hydrogen-bond donors (Lipinski definition) is 3. The molecule has 3 aliphatic rings. The van der Waals surface area contributed by atoms with Crippen LogP contribution in [0, 0.1) is 0 Å². The molecule has 0 aliphatic carbocycles. The number of alkyl halides is 3. The Hall–Kier alpha value is -4.17. The molecule has 3 aromatic rings. The third-order valence-electron chi connectivity index (χ3n) is 6.75. The second kappa shape index (κ2) is 8.70. The minimum absolute atomic E-state index is 0.0945. The molecule has 1 atom stereocenters.